The molecule has 0 aliphatic carbocycles. The van der Waals surface area contributed by atoms with Crippen LogP contribution in [0.3, 0.4) is 0 Å². The summed E-state index contributed by atoms with van der Waals surface area (Å²) in [6.07, 6.45) is 0.288. The van der Waals surface area contributed by atoms with Gasteiger partial charge in [-0.15, -0.1) is 0 Å². The summed E-state index contributed by atoms with van der Waals surface area (Å²) in [4.78, 5) is 24.3. The molecular formula is C11H21N3O3S. The lowest BCUT2D eigenvalue weighted by molar-refractivity contribution is -0.445. The Bertz CT molecular complexity index is 319. The second-order valence-electron chi connectivity index (χ2n) is 4.10. The van der Waals surface area contributed by atoms with Gasteiger partial charge in [-0.3, -0.25) is 15.5 Å². The predicted molar refractivity (Wildman–Crippen MR) is 69.5 cm³/mol. The van der Waals surface area contributed by atoms with E-state index in [1.54, 1.807) is 32.5 Å². The standard InChI is InChI=1S/C8H15NO3.C3H6N2S/c1-4-6(10)9-7(5(2)3)8(11)12;4-3-5-1-2-6-3/h5,7H,4H2,1-3H3,(H,9,10)(H,11,12);1-2H2,(H2,4,5). The van der Waals surface area contributed by atoms with Crippen molar-refractivity contribution in [3.63, 3.8) is 0 Å². The fourth-order valence-corrected chi connectivity index (χ4v) is 1.79. The second kappa shape index (κ2) is 8.79. The summed E-state index contributed by atoms with van der Waals surface area (Å²) in [5.74, 6) is -0.513. The van der Waals surface area contributed by atoms with E-state index in [9.17, 15) is 14.7 Å². The van der Waals surface area contributed by atoms with Gasteiger partial charge < -0.3 is 15.2 Å². The van der Waals surface area contributed by atoms with Gasteiger partial charge in [-0.1, -0.05) is 20.8 Å². The molecule has 1 unspecified atom stereocenters. The van der Waals surface area contributed by atoms with Crippen LogP contribution in [0.5, 0.6) is 0 Å². The third kappa shape index (κ3) is 7.16. The fourth-order valence-electron chi connectivity index (χ4n) is 1.16. The van der Waals surface area contributed by atoms with Crippen molar-refractivity contribution in [3.05, 3.63) is 0 Å². The van der Waals surface area contributed by atoms with Gasteiger partial charge in [0.25, 0.3) is 0 Å². The van der Waals surface area contributed by atoms with Crippen molar-refractivity contribution in [2.75, 3.05) is 12.3 Å². The first kappa shape index (κ1) is 16.8. The molecule has 0 aromatic carbocycles. The highest BCUT2D eigenvalue weighted by molar-refractivity contribution is 8.13. The van der Waals surface area contributed by atoms with Gasteiger partial charge >= 0.3 is 5.17 Å². The molecule has 0 spiro atoms. The number of nitrogens with one attached hydrogen (secondary N) is 2. The van der Waals surface area contributed by atoms with Crippen molar-refractivity contribution < 1.29 is 19.7 Å². The summed E-state index contributed by atoms with van der Waals surface area (Å²) in [6.45, 7) is 6.14. The van der Waals surface area contributed by atoms with E-state index < -0.39 is 12.0 Å². The molecule has 0 aromatic heterocycles. The van der Waals surface area contributed by atoms with E-state index in [1.807, 2.05) is 0 Å². The van der Waals surface area contributed by atoms with Gasteiger partial charge in [-0.2, -0.15) is 0 Å². The smallest absolute Gasteiger partial charge is 0.302 e. The van der Waals surface area contributed by atoms with Crippen LogP contribution in [0.15, 0.2) is 0 Å². The van der Waals surface area contributed by atoms with E-state index in [1.165, 1.54) is 0 Å². The van der Waals surface area contributed by atoms with Crippen LogP contribution in [0.1, 0.15) is 27.2 Å². The van der Waals surface area contributed by atoms with E-state index in [0.29, 0.717) is 0 Å². The summed E-state index contributed by atoms with van der Waals surface area (Å²) in [7, 11) is 0. The maximum Gasteiger partial charge on any atom is 0.302 e. The third-order valence-electron chi connectivity index (χ3n) is 2.22. The monoisotopic (exact) mass is 275 g/mol. The van der Waals surface area contributed by atoms with Gasteiger partial charge in [0.1, 0.15) is 0 Å². The maximum atomic E-state index is 10.8. The Morgan fingerprint density at radius 3 is 2.39 bits per heavy atom. The van der Waals surface area contributed by atoms with Gasteiger partial charge in [0.05, 0.1) is 18.6 Å². The first-order valence-electron chi connectivity index (χ1n) is 5.87. The van der Waals surface area contributed by atoms with Crippen LogP contribution in [-0.2, 0) is 9.59 Å². The Morgan fingerprint density at radius 2 is 2.17 bits per heavy atom. The van der Waals surface area contributed by atoms with Crippen LogP contribution in [0.2, 0.25) is 0 Å². The topological polar surface area (TPSA) is 109 Å². The van der Waals surface area contributed by atoms with E-state index >= 15 is 0 Å². The lowest BCUT2D eigenvalue weighted by Gasteiger charge is -2.22. The molecule has 1 rings (SSSR count). The molecule has 1 aliphatic rings. The number of hydrogen-bond acceptors (Lipinski definition) is 5. The van der Waals surface area contributed by atoms with Crippen LogP contribution < -0.4 is 21.1 Å². The Morgan fingerprint density at radius 1 is 1.56 bits per heavy atom. The van der Waals surface area contributed by atoms with E-state index in [4.69, 9.17) is 5.73 Å². The summed E-state index contributed by atoms with van der Waals surface area (Å²) in [6, 6.07) is -0.877. The number of carboxylic acid groups (broad SMARTS) is 1. The van der Waals surface area contributed by atoms with E-state index in [-0.39, 0.29) is 18.2 Å². The van der Waals surface area contributed by atoms with E-state index in [2.05, 4.69) is 10.3 Å². The van der Waals surface area contributed by atoms with Gasteiger partial charge in [0.2, 0.25) is 5.91 Å². The zero-order valence-corrected chi connectivity index (χ0v) is 11.8. The number of nitrogens with two attached hydrogens (primary N) is 1. The van der Waals surface area contributed by atoms with Crippen molar-refractivity contribution >= 4 is 28.8 Å². The highest BCUT2D eigenvalue weighted by atomic mass is 32.2. The van der Waals surface area contributed by atoms with E-state index in [0.717, 1.165) is 17.5 Å². The Kier molecular flexibility index (Phi) is 8.19. The number of hydrogen-bond donors (Lipinski definition) is 3. The molecule has 0 saturated heterocycles. The van der Waals surface area contributed by atoms with Gasteiger partial charge in [0, 0.05) is 12.2 Å². The van der Waals surface area contributed by atoms with Gasteiger partial charge in [-0.25, -0.2) is 0 Å². The molecule has 18 heavy (non-hydrogen) atoms. The van der Waals surface area contributed by atoms with Crippen molar-refractivity contribution in [2.45, 2.75) is 33.2 Å². The molecule has 1 atom stereocenters. The van der Waals surface area contributed by atoms with Crippen LogP contribution in [-0.4, -0.2) is 35.4 Å². The highest BCUT2D eigenvalue weighted by Gasteiger charge is 2.15. The van der Waals surface area contributed by atoms with Crippen LogP contribution in [0.4, 0.5) is 0 Å². The number of rotatable bonds is 4. The molecule has 0 saturated carbocycles. The molecule has 7 heteroatoms. The molecule has 0 aromatic rings. The van der Waals surface area contributed by atoms with Crippen molar-refractivity contribution in [1.29, 1.82) is 0 Å². The summed E-state index contributed by atoms with van der Waals surface area (Å²) in [5.41, 5.74) is 5.30. The minimum atomic E-state index is -1.23. The molecular weight excluding hydrogens is 254 g/mol. The van der Waals surface area contributed by atoms with Crippen molar-refractivity contribution in [2.24, 2.45) is 11.7 Å². The average Bonchev–Trinajstić information content (AvgIpc) is 2.76. The molecule has 1 heterocycles. The number of amidine groups is 1. The number of carbonyl (C=O) groups excluding carboxylic acids is 2. The fraction of sp³-hybridized carbons (Fsp3) is 0.727. The quantitative estimate of drug-likeness (QED) is 0.522. The third-order valence-corrected chi connectivity index (χ3v) is 3.08. The van der Waals surface area contributed by atoms with Crippen LogP contribution in [0.25, 0.3) is 0 Å². The first-order chi connectivity index (χ1) is 8.38. The molecule has 6 nitrogen and oxygen atoms in total. The molecule has 0 fully saturated rings. The average molecular weight is 275 g/mol. The largest absolute Gasteiger partial charge is 0.548 e. The van der Waals surface area contributed by atoms with Crippen LogP contribution in [0, 0.1) is 5.92 Å². The minimum Gasteiger partial charge on any atom is -0.548 e. The summed E-state index contributed by atoms with van der Waals surface area (Å²) < 4.78 is 0. The normalized spacial score (nSPS) is 15.4. The Hall–Kier alpha value is -1.24. The van der Waals surface area contributed by atoms with Crippen molar-refractivity contribution in [1.82, 2.24) is 5.32 Å². The number of thioether (sulfide) groups is 1. The zero-order valence-electron chi connectivity index (χ0n) is 11.0. The number of aliphatic carboxylic acids is 1. The van der Waals surface area contributed by atoms with Crippen LogP contribution >= 0.6 is 11.8 Å². The zero-order chi connectivity index (χ0) is 14.1. The lowest BCUT2D eigenvalue weighted by atomic mass is 10.0. The molecule has 4 N–H and O–H groups in total. The number of carbonyl (C=O) groups is 2. The Balaban J connectivity index is 0.000000397. The maximum absolute atomic E-state index is 10.8. The van der Waals surface area contributed by atoms with Gasteiger partial charge in [-0.05, 0) is 17.7 Å². The predicted octanol–water partition coefficient (Wildman–Crippen LogP) is -2.58. The molecule has 0 radical (unpaired) electrons. The number of carboxylic acids is 1. The van der Waals surface area contributed by atoms with Gasteiger partial charge in [0.15, 0.2) is 0 Å². The highest BCUT2D eigenvalue weighted by Crippen LogP contribution is 2.00. The minimum absolute atomic E-state index is 0.148. The molecule has 1 aliphatic heterocycles. The SMILES string of the molecule is CCC(=O)NC(C(=O)[O-])C(C)C.NC1=[NH+]CCS1. The first-order valence-corrected chi connectivity index (χ1v) is 6.86. The Labute approximate surface area is 111 Å². The van der Waals surface area contributed by atoms with Crippen molar-refractivity contribution in [3.8, 4) is 0 Å². The number of amides is 1. The molecule has 0 bridgehead atoms. The molecule has 1 amide bonds. The molecule has 104 valence electrons. The summed E-state index contributed by atoms with van der Waals surface area (Å²) >= 11 is 1.68. The summed E-state index contributed by atoms with van der Waals surface area (Å²) in [5, 5.41) is 13.7. The lowest BCUT2D eigenvalue weighted by Crippen LogP contribution is -2.71. The second-order valence-corrected chi connectivity index (χ2v) is 5.24.